The van der Waals surface area contributed by atoms with Gasteiger partial charge in [0, 0.05) is 23.1 Å². The number of carbonyl (C=O) groups excluding carboxylic acids is 1. The molecule has 3 aromatic rings. The highest BCUT2D eigenvalue weighted by molar-refractivity contribution is 7.16. The number of thiophene rings is 1. The van der Waals surface area contributed by atoms with E-state index in [0.717, 1.165) is 40.8 Å². The van der Waals surface area contributed by atoms with Gasteiger partial charge < -0.3 is 0 Å². The van der Waals surface area contributed by atoms with Crippen LogP contribution < -0.4 is 5.43 Å². The molecule has 0 saturated heterocycles. The van der Waals surface area contributed by atoms with Gasteiger partial charge in [-0.25, -0.2) is 5.43 Å². The van der Waals surface area contributed by atoms with Crippen molar-refractivity contribution in [3.63, 3.8) is 0 Å². The maximum atomic E-state index is 12.6. The van der Waals surface area contributed by atoms with Crippen molar-refractivity contribution in [3.8, 4) is 0 Å². The Hall–Kier alpha value is -3.13. The summed E-state index contributed by atoms with van der Waals surface area (Å²) >= 11 is 0.996. The van der Waals surface area contributed by atoms with Gasteiger partial charge in [0.1, 0.15) is 0 Å². The number of para-hydroxylation sites is 1. The lowest BCUT2D eigenvalue weighted by atomic mass is 10.1. The van der Waals surface area contributed by atoms with Gasteiger partial charge in [-0.15, -0.1) is 0 Å². The molecule has 7 nitrogen and oxygen atoms in total. The molecule has 0 unspecified atom stereocenters. The number of fused-ring (bicyclic) bond motifs is 1. The number of nitrogens with zero attached hydrogens (tertiary/aromatic N) is 3. The summed E-state index contributed by atoms with van der Waals surface area (Å²) in [6, 6.07) is 12.4. The molecule has 1 aliphatic carbocycles. The highest BCUT2D eigenvalue weighted by Gasteiger charge is 2.26. The van der Waals surface area contributed by atoms with Crippen LogP contribution in [-0.2, 0) is 0 Å². The summed E-state index contributed by atoms with van der Waals surface area (Å²) in [5, 5.41) is 15.4. The molecule has 1 fully saturated rings. The first-order valence-electron chi connectivity index (χ1n) is 8.09. The first-order valence-corrected chi connectivity index (χ1v) is 8.91. The number of hydrogen-bond acceptors (Lipinski definition) is 6. The molecule has 2 heterocycles. The molecule has 1 N–H and O–H groups in total. The van der Waals surface area contributed by atoms with Gasteiger partial charge in [-0.3, -0.25) is 19.9 Å². The number of pyridine rings is 1. The van der Waals surface area contributed by atoms with Crippen molar-refractivity contribution in [1.82, 2.24) is 10.4 Å². The van der Waals surface area contributed by atoms with Crippen molar-refractivity contribution in [1.29, 1.82) is 0 Å². The lowest BCUT2D eigenvalue weighted by Gasteiger charge is -2.08. The Balaban J connectivity index is 1.57. The predicted octanol–water partition coefficient (Wildman–Crippen LogP) is 3.85. The minimum absolute atomic E-state index is 0.0342. The van der Waals surface area contributed by atoms with E-state index in [2.05, 4.69) is 15.5 Å². The maximum absolute atomic E-state index is 12.6. The molecule has 130 valence electrons. The van der Waals surface area contributed by atoms with Crippen molar-refractivity contribution >= 4 is 39.4 Å². The predicted molar refractivity (Wildman–Crippen MR) is 99.8 cm³/mol. The molecule has 4 rings (SSSR count). The van der Waals surface area contributed by atoms with Gasteiger partial charge in [-0.2, -0.15) is 5.10 Å². The molecule has 0 spiro atoms. The highest BCUT2D eigenvalue weighted by Crippen LogP contribution is 2.40. The summed E-state index contributed by atoms with van der Waals surface area (Å²) in [6.45, 7) is 0. The van der Waals surface area contributed by atoms with Crippen molar-refractivity contribution in [2.45, 2.75) is 18.8 Å². The van der Waals surface area contributed by atoms with E-state index in [-0.39, 0.29) is 10.9 Å². The summed E-state index contributed by atoms with van der Waals surface area (Å²) in [5.41, 5.74) is 4.77. The number of hydrogen-bond donors (Lipinski definition) is 1. The van der Waals surface area contributed by atoms with Crippen LogP contribution in [0.3, 0.4) is 0 Å². The van der Waals surface area contributed by atoms with E-state index in [1.165, 1.54) is 12.3 Å². The number of nitro groups is 1. The average molecular weight is 366 g/mol. The van der Waals surface area contributed by atoms with Gasteiger partial charge in [0.15, 0.2) is 0 Å². The number of amides is 1. The summed E-state index contributed by atoms with van der Waals surface area (Å²) in [4.78, 5) is 28.1. The van der Waals surface area contributed by atoms with Crippen molar-refractivity contribution in [2.24, 2.45) is 5.10 Å². The first-order chi connectivity index (χ1) is 12.6. The number of benzene rings is 1. The standard InChI is InChI=1S/C18H14N4O3S/c23-18(21-19-10-12-7-8-17(26-12)22(24)25)14-9-16(11-5-6-11)20-15-4-2-1-3-13(14)15/h1-4,7-11H,5-6H2,(H,21,23). The summed E-state index contributed by atoms with van der Waals surface area (Å²) in [7, 11) is 0. The Labute approximate surface area is 152 Å². The Morgan fingerprint density at radius 1 is 1.31 bits per heavy atom. The minimum Gasteiger partial charge on any atom is -0.267 e. The van der Waals surface area contributed by atoms with Crippen LogP contribution in [0.5, 0.6) is 0 Å². The third-order valence-corrected chi connectivity index (χ3v) is 5.10. The molecule has 1 aliphatic rings. The van der Waals surface area contributed by atoms with Gasteiger partial charge in [0.2, 0.25) is 0 Å². The zero-order valence-electron chi connectivity index (χ0n) is 13.6. The number of aromatic nitrogens is 1. The zero-order valence-corrected chi connectivity index (χ0v) is 14.4. The van der Waals surface area contributed by atoms with Gasteiger partial charge >= 0.3 is 5.00 Å². The van der Waals surface area contributed by atoms with Gasteiger partial charge in [0.05, 0.1) is 27.1 Å². The fourth-order valence-corrected chi connectivity index (χ4v) is 3.39. The zero-order chi connectivity index (χ0) is 18.1. The number of nitrogens with one attached hydrogen (secondary N) is 1. The second kappa shape index (κ2) is 6.64. The maximum Gasteiger partial charge on any atom is 0.324 e. The fraction of sp³-hybridized carbons (Fsp3) is 0.167. The molecule has 0 bridgehead atoms. The first kappa shape index (κ1) is 16.3. The molecule has 2 aromatic heterocycles. The van der Waals surface area contributed by atoms with Gasteiger partial charge in [-0.05, 0) is 31.0 Å². The van der Waals surface area contributed by atoms with Crippen molar-refractivity contribution in [2.75, 3.05) is 0 Å². The SMILES string of the molecule is O=C(NN=Cc1ccc([N+](=O)[O-])s1)c1cc(C2CC2)nc2ccccc12. The van der Waals surface area contributed by atoms with Crippen LogP contribution in [0, 0.1) is 10.1 Å². The smallest absolute Gasteiger partial charge is 0.267 e. The van der Waals surface area contributed by atoms with Crippen LogP contribution in [0.1, 0.15) is 39.7 Å². The fourth-order valence-electron chi connectivity index (χ4n) is 2.70. The van der Waals surface area contributed by atoms with E-state index in [1.807, 2.05) is 30.3 Å². The molecule has 8 heteroatoms. The summed E-state index contributed by atoms with van der Waals surface area (Å²) < 4.78 is 0. The lowest BCUT2D eigenvalue weighted by Crippen LogP contribution is -2.18. The number of carbonyl (C=O) groups is 1. The molecular weight excluding hydrogens is 352 g/mol. The third kappa shape index (κ3) is 3.31. The van der Waals surface area contributed by atoms with E-state index < -0.39 is 4.92 Å². The molecule has 1 saturated carbocycles. The van der Waals surface area contributed by atoms with Crippen LogP contribution in [0.4, 0.5) is 5.00 Å². The highest BCUT2D eigenvalue weighted by atomic mass is 32.1. The lowest BCUT2D eigenvalue weighted by molar-refractivity contribution is -0.380. The van der Waals surface area contributed by atoms with Crippen molar-refractivity contribution in [3.05, 3.63) is 68.7 Å². The number of hydrazone groups is 1. The molecule has 0 aliphatic heterocycles. The van der Waals surface area contributed by atoms with E-state index in [0.29, 0.717) is 16.4 Å². The van der Waals surface area contributed by atoms with Crippen LogP contribution in [0.15, 0.2) is 47.6 Å². The monoisotopic (exact) mass is 366 g/mol. The molecule has 1 aromatic carbocycles. The van der Waals surface area contributed by atoms with E-state index in [4.69, 9.17) is 0 Å². The average Bonchev–Trinajstić information content (AvgIpc) is 3.39. The third-order valence-electron chi connectivity index (χ3n) is 4.13. The Kier molecular flexibility index (Phi) is 4.18. The van der Waals surface area contributed by atoms with Gasteiger partial charge in [-0.1, -0.05) is 29.5 Å². The van der Waals surface area contributed by atoms with Crippen LogP contribution in [0.25, 0.3) is 10.9 Å². The van der Waals surface area contributed by atoms with Gasteiger partial charge in [0.25, 0.3) is 5.91 Å². The minimum atomic E-state index is -0.455. The second-order valence-electron chi connectivity index (χ2n) is 6.02. The second-order valence-corrected chi connectivity index (χ2v) is 7.11. The molecule has 0 radical (unpaired) electrons. The van der Waals surface area contributed by atoms with E-state index in [9.17, 15) is 14.9 Å². The Bertz CT molecular complexity index is 1040. The van der Waals surface area contributed by atoms with Crippen LogP contribution >= 0.6 is 11.3 Å². The van der Waals surface area contributed by atoms with Crippen LogP contribution in [-0.4, -0.2) is 22.0 Å². The largest absolute Gasteiger partial charge is 0.324 e. The summed E-state index contributed by atoms with van der Waals surface area (Å²) in [6.07, 6.45) is 3.60. The molecule has 1 amide bonds. The van der Waals surface area contributed by atoms with E-state index in [1.54, 1.807) is 6.07 Å². The molecule has 26 heavy (non-hydrogen) atoms. The summed E-state index contributed by atoms with van der Waals surface area (Å²) in [5.74, 6) is 0.106. The molecule has 0 atom stereocenters. The Morgan fingerprint density at radius 3 is 2.85 bits per heavy atom. The number of rotatable bonds is 5. The molecular formula is C18H14N4O3S. The van der Waals surface area contributed by atoms with E-state index >= 15 is 0 Å². The Morgan fingerprint density at radius 2 is 2.12 bits per heavy atom. The normalized spacial score (nSPS) is 14.0. The quantitative estimate of drug-likeness (QED) is 0.421. The van der Waals surface area contributed by atoms with Crippen molar-refractivity contribution < 1.29 is 9.72 Å². The topological polar surface area (TPSA) is 97.5 Å². The van der Waals surface area contributed by atoms with Crippen LogP contribution in [0.2, 0.25) is 0 Å².